The van der Waals surface area contributed by atoms with Gasteiger partial charge in [0.05, 0.1) is 5.25 Å². The molecule has 0 aliphatic carbocycles. The molecule has 1 atom stereocenters. The molecule has 5 nitrogen and oxygen atoms in total. The smallest absolute Gasteiger partial charge is 0.215 e. The Morgan fingerprint density at radius 2 is 1.67 bits per heavy atom. The van der Waals surface area contributed by atoms with Crippen molar-refractivity contribution < 1.29 is 8.42 Å². The van der Waals surface area contributed by atoms with Gasteiger partial charge in [-0.25, -0.2) is 13.1 Å². The Bertz CT molecular complexity index is 303. The van der Waals surface area contributed by atoms with Crippen LogP contribution in [0.1, 0.15) is 41.0 Å². The van der Waals surface area contributed by atoms with Crippen molar-refractivity contribution in [2.45, 2.75) is 58.4 Å². The van der Waals surface area contributed by atoms with Crippen LogP contribution < -0.4 is 10.5 Å². The fourth-order valence-corrected chi connectivity index (χ4v) is 3.36. The summed E-state index contributed by atoms with van der Waals surface area (Å²) in [5, 5.41) is -0.482. The van der Waals surface area contributed by atoms with Crippen LogP contribution in [0.2, 0.25) is 0 Å². The molecule has 3 N–H and O–H groups in total. The summed E-state index contributed by atoms with van der Waals surface area (Å²) in [6, 6.07) is 0.817. The molecular weight excluding hydrogens is 250 g/mol. The lowest BCUT2D eigenvalue weighted by molar-refractivity contribution is 0.179. The number of nitrogens with two attached hydrogens (primary N) is 1. The highest BCUT2D eigenvalue weighted by atomic mass is 32.2. The highest BCUT2D eigenvalue weighted by Crippen LogP contribution is 2.05. The van der Waals surface area contributed by atoms with Crippen LogP contribution in [0.25, 0.3) is 0 Å². The molecule has 6 heteroatoms. The Kier molecular flexibility index (Phi) is 8.02. The third-order valence-corrected chi connectivity index (χ3v) is 5.17. The summed E-state index contributed by atoms with van der Waals surface area (Å²) in [6.45, 7) is 11.6. The lowest BCUT2D eigenvalue weighted by atomic mass is 10.2. The summed E-state index contributed by atoms with van der Waals surface area (Å²) < 4.78 is 26.5. The predicted octanol–water partition coefficient (Wildman–Crippen LogP) is 0.762. The minimum Gasteiger partial charge on any atom is -0.329 e. The molecule has 0 saturated carbocycles. The van der Waals surface area contributed by atoms with Crippen molar-refractivity contribution in [3.63, 3.8) is 0 Å². The van der Waals surface area contributed by atoms with E-state index in [0.29, 0.717) is 25.0 Å². The first-order chi connectivity index (χ1) is 8.26. The van der Waals surface area contributed by atoms with Crippen LogP contribution >= 0.6 is 0 Å². The molecule has 0 bridgehead atoms. The second-order valence-corrected chi connectivity index (χ2v) is 7.18. The molecule has 0 amide bonds. The van der Waals surface area contributed by atoms with E-state index in [1.54, 1.807) is 0 Å². The fourth-order valence-electron chi connectivity index (χ4n) is 2.06. The molecule has 0 rings (SSSR count). The number of rotatable bonds is 9. The van der Waals surface area contributed by atoms with Gasteiger partial charge in [-0.15, -0.1) is 0 Å². The Balaban J connectivity index is 4.33. The third-order valence-electron chi connectivity index (χ3n) is 3.16. The monoisotopic (exact) mass is 279 g/mol. The first kappa shape index (κ1) is 17.8. The number of hydrogen-bond acceptors (Lipinski definition) is 4. The number of sulfonamides is 1. The van der Waals surface area contributed by atoms with Gasteiger partial charge in [0.1, 0.15) is 0 Å². The average Bonchev–Trinajstić information content (AvgIpc) is 2.24. The van der Waals surface area contributed by atoms with Crippen molar-refractivity contribution in [3.8, 4) is 0 Å². The molecule has 0 aromatic rings. The first-order valence-corrected chi connectivity index (χ1v) is 8.25. The first-order valence-electron chi connectivity index (χ1n) is 6.70. The molecule has 0 fully saturated rings. The maximum Gasteiger partial charge on any atom is 0.215 e. The van der Waals surface area contributed by atoms with E-state index in [2.05, 4.69) is 37.3 Å². The van der Waals surface area contributed by atoms with Crippen LogP contribution in [0.5, 0.6) is 0 Å². The number of nitrogens with zero attached hydrogens (tertiary/aromatic N) is 1. The van der Waals surface area contributed by atoms with Crippen LogP contribution in [0.3, 0.4) is 0 Å². The van der Waals surface area contributed by atoms with E-state index in [9.17, 15) is 8.42 Å². The molecule has 0 aromatic heterocycles. The van der Waals surface area contributed by atoms with E-state index >= 15 is 0 Å². The quantitative estimate of drug-likeness (QED) is 0.653. The minimum atomic E-state index is -3.27. The van der Waals surface area contributed by atoms with Crippen LogP contribution in [0, 0.1) is 0 Å². The highest BCUT2D eigenvalue weighted by molar-refractivity contribution is 7.90. The van der Waals surface area contributed by atoms with Gasteiger partial charge < -0.3 is 5.73 Å². The van der Waals surface area contributed by atoms with E-state index in [4.69, 9.17) is 5.73 Å². The van der Waals surface area contributed by atoms with Crippen molar-refractivity contribution in [3.05, 3.63) is 0 Å². The molecule has 0 aliphatic heterocycles. The Morgan fingerprint density at radius 3 is 2.00 bits per heavy atom. The zero-order valence-corrected chi connectivity index (χ0v) is 13.1. The predicted molar refractivity (Wildman–Crippen MR) is 77.0 cm³/mol. The third kappa shape index (κ3) is 5.65. The van der Waals surface area contributed by atoms with Crippen molar-refractivity contribution >= 4 is 10.0 Å². The lowest BCUT2D eigenvalue weighted by Gasteiger charge is -2.30. The van der Waals surface area contributed by atoms with Gasteiger partial charge in [-0.2, -0.15) is 0 Å². The van der Waals surface area contributed by atoms with E-state index in [1.807, 2.05) is 6.92 Å². The largest absolute Gasteiger partial charge is 0.329 e. The van der Waals surface area contributed by atoms with E-state index < -0.39 is 15.3 Å². The number of nitrogens with one attached hydrogen (secondary N) is 1. The van der Waals surface area contributed by atoms with Gasteiger partial charge >= 0.3 is 0 Å². The average molecular weight is 279 g/mol. The van der Waals surface area contributed by atoms with Crippen LogP contribution in [0.15, 0.2) is 0 Å². The standard InChI is InChI=1S/C12H29N3O2S/c1-6-12(9-13)18(16,17)14-7-8-15(10(2)3)11(4)5/h10-12,14H,6-9,13H2,1-5H3. The van der Waals surface area contributed by atoms with Gasteiger partial charge in [0.15, 0.2) is 0 Å². The van der Waals surface area contributed by atoms with E-state index in [1.165, 1.54) is 0 Å². The fraction of sp³-hybridized carbons (Fsp3) is 1.00. The Hall–Kier alpha value is -0.170. The maximum atomic E-state index is 11.9. The van der Waals surface area contributed by atoms with Crippen molar-refractivity contribution in [1.29, 1.82) is 0 Å². The van der Waals surface area contributed by atoms with Crippen molar-refractivity contribution in [2.75, 3.05) is 19.6 Å². The van der Waals surface area contributed by atoms with Gasteiger partial charge in [0, 0.05) is 31.7 Å². The lowest BCUT2D eigenvalue weighted by Crippen LogP contribution is -2.45. The molecule has 110 valence electrons. The van der Waals surface area contributed by atoms with Crippen molar-refractivity contribution in [1.82, 2.24) is 9.62 Å². The summed E-state index contributed by atoms with van der Waals surface area (Å²) in [5.41, 5.74) is 5.47. The summed E-state index contributed by atoms with van der Waals surface area (Å²) in [7, 11) is -3.27. The summed E-state index contributed by atoms with van der Waals surface area (Å²) in [5.74, 6) is 0. The summed E-state index contributed by atoms with van der Waals surface area (Å²) >= 11 is 0. The summed E-state index contributed by atoms with van der Waals surface area (Å²) in [4.78, 5) is 2.26. The number of hydrogen-bond donors (Lipinski definition) is 2. The topological polar surface area (TPSA) is 75.4 Å². The van der Waals surface area contributed by atoms with Crippen LogP contribution in [-0.4, -0.2) is 50.3 Å². The minimum absolute atomic E-state index is 0.171. The Labute approximate surface area is 112 Å². The van der Waals surface area contributed by atoms with Gasteiger partial charge in [-0.3, -0.25) is 4.90 Å². The van der Waals surface area contributed by atoms with Crippen LogP contribution in [-0.2, 0) is 10.0 Å². The molecule has 0 heterocycles. The van der Waals surface area contributed by atoms with E-state index in [0.717, 1.165) is 6.54 Å². The molecule has 1 unspecified atom stereocenters. The molecule has 0 spiro atoms. The highest BCUT2D eigenvalue weighted by Gasteiger charge is 2.22. The normalized spacial score (nSPS) is 14.7. The second kappa shape index (κ2) is 8.09. The van der Waals surface area contributed by atoms with E-state index in [-0.39, 0.29) is 6.54 Å². The molecule has 0 aliphatic rings. The molecule has 0 aromatic carbocycles. The molecule has 0 saturated heterocycles. The van der Waals surface area contributed by atoms with Gasteiger partial charge in [0.25, 0.3) is 0 Å². The van der Waals surface area contributed by atoms with Gasteiger partial charge in [0.2, 0.25) is 10.0 Å². The SMILES string of the molecule is CCC(CN)S(=O)(=O)NCCN(C(C)C)C(C)C. The molecular formula is C12H29N3O2S. The van der Waals surface area contributed by atoms with Crippen molar-refractivity contribution in [2.24, 2.45) is 5.73 Å². The zero-order valence-electron chi connectivity index (χ0n) is 12.3. The molecule has 18 heavy (non-hydrogen) atoms. The zero-order chi connectivity index (χ0) is 14.3. The summed E-state index contributed by atoms with van der Waals surface area (Å²) in [6.07, 6.45) is 0.546. The van der Waals surface area contributed by atoms with Crippen LogP contribution in [0.4, 0.5) is 0 Å². The van der Waals surface area contributed by atoms with Gasteiger partial charge in [-0.1, -0.05) is 6.92 Å². The van der Waals surface area contributed by atoms with Gasteiger partial charge in [-0.05, 0) is 34.1 Å². The Morgan fingerprint density at radius 1 is 1.17 bits per heavy atom. The molecule has 0 radical (unpaired) electrons. The maximum absolute atomic E-state index is 11.9. The second-order valence-electron chi connectivity index (χ2n) is 5.13.